The van der Waals surface area contributed by atoms with Crippen molar-refractivity contribution >= 4 is 5.97 Å². The van der Waals surface area contributed by atoms with Crippen LogP contribution in [0.4, 0.5) is 4.39 Å². The third-order valence-corrected chi connectivity index (χ3v) is 3.94. The number of carboxylic acids is 1. The highest BCUT2D eigenvalue weighted by molar-refractivity contribution is 5.68. The maximum absolute atomic E-state index is 13.4. The lowest BCUT2D eigenvalue weighted by Crippen LogP contribution is -2.07. The molecule has 1 heterocycles. The van der Waals surface area contributed by atoms with Crippen molar-refractivity contribution in [2.45, 2.75) is 18.8 Å². The number of rotatable bonds is 8. The molecule has 1 atom stereocenters. The van der Waals surface area contributed by atoms with E-state index in [1.807, 2.05) is 6.07 Å². The summed E-state index contributed by atoms with van der Waals surface area (Å²) >= 11 is 0. The summed E-state index contributed by atoms with van der Waals surface area (Å²) in [7, 11) is 0. The summed E-state index contributed by atoms with van der Waals surface area (Å²) < 4.78 is 29.9. The molecule has 2 aromatic carbocycles. The van der Waals surface area contributed by atoms with Crippen molar-refractivity contribution in [3.8, 4) is 17.2 Å². The van der Waals surface area contributed by atoms with Gasteiger partial charge in [-0.2, -0.15) is 0 Å². The van der Waals surface area contributed by atoms with Crippen molar-refractivity contribution in [2.75, 3.05) is 19.8 Å². The van der Waals surface area contributed by atoms with Crippen molar-refractivity contribution in [3.05, 3.63) is 53.8 Å². The molecule has 1 aliphatic rings. The largest absolute Gasteiger partial charge is 0.493 e. The average Bonchev–Trinajstić information content (AvgIpc) is 2.98. The number of para-hydroxylation sites is 1. The number of carboxylic acid groups (broad SMARTS) is 1. The Labute approximate surface area is 144 Å². The first-order chi connectivity index (χ1) is 12.1. The predicted molar refractivity (Wildman–Crippen MR) is 88.9 cm³/mol. The molecule has 2 aromatic rings. The molecule has 0 saturated carbocycles. The molecule has 0 aliphatic carbocycles. The van der Waals surface area contributed by atoms with E-state index in [1.165, 1.54) is 6.07 Å². The third-order valence-electron chi connectivity index (χ3n) is 3.94. The number of carbonyl (C=O) groups is 1. The summed E-state index contributed by atoms with van der Waals surface area (Å²) in [4.78, 5) is 10.8. The van der Waals surface area contributed by atoms with Crippen molar-refractivity contribution in [1.82, 2.24) is 0 Å². The number of fused-ring (bicyclic) bond motifs is 1. The van der Waals surface area contributed by atoms with E-state index in [2.05, 4.69) is 0 Å². The predicted octanol–water partition coefficient (Wildman–Crippen LogP) is 3.62. The standard InChI is InChI=1S/C19H19FO5/c20-16-4-1-2-5-17(16)24-9-3-8-23-14-6-7-15-13(10-19(21)22)12-25-18(15)11-14/h1-2,4-7,11,13H,3,8-10,12H2,(H,21,22). The molecule has 0 saturated heterocycles. The maximum Gasteiger partial charge on any atom is 0.304 e. The minimum atomic E-state index is -0.836. The topological polar surface area (TPSA) is 65.0 Å². The van der Waals surface area contributed by atoms with Gasteiger partial charge >= 0.3 is 5.97 Å². The number of hydrogen-bond donors (Lipinski definition) is 1. The Morgan fingerprint density at radius 1 is 1.20 bits per heavy atom. The molecule has 6 heteroatoms. The van der Waals surface area contributed by atoms with E-state index < -0.39 is 5.97 Å². The number of benzene rings is 2. The lowest BCUT2D eigenvalue weighted by Gasteiger charge is -2.10. The third kappa shape index (κ3) is 4.41. The van der Waals surface area contributed by atoms with E-state index in [4.69, 9.17) is 19.3 Å². The second-order valence-electron chi connectivity index (χ2n) is 5.79. The van der Waals surface area contributed by atoms with Gasteiger partial charge in [0.25, 0.3) is 0 Å². The lowest BCUT2D eigenvalue weighted by atomic mass is 9.98. The molecule has 1 N–H and O–H groups in total. The van der Waals surface area contributed by atoms with Gasteiger partial charge in [-0.25, -0.2) is 4.39 Å². The Kier molecular flexibility index (Phi) is 5.38. The summed E-state index contributed by atoms with van der Waals surface area (Å²) in [6.07, 6.45) is 0.661. The Hall–Kier alpha value is -2.76. The van der Waals surface area contributed by atoms with E-state index in [1.54, 1.807) is 30.3 Å². The van der Waals surface area contributed by atoms with Gasteiger partial charge in [0.1, 0.15) is 11.5 Å². The summed E-state index contributed by atoms with van der Waals surface area (Å²) in [5.41, 5.74) is 0.901. The second-order valence-corrected chi connectivity index (χ2v) is 5.79. The minimum Gasteiger partial charge on any atom is -0.493 e. The van der Waals surface area contributed by atoms with Gasteiger partial charge in [0.15, 0.2) is 11.6 Å². The van der Waals surface area contributed by atoms with Gasteiger partial charge in [-0.15, -0.1) is 0 Å². The summed E-state index contributed by atoms with van der Waals surface area (Å²) in [5, 5.41) is 8.90. The fraction of sp³-hybridized carbons (Fsp3) is 0.316. The first-order valence-electron chi connectivity index (χ1n) is 8.12. The molecule has 1 aliphatic heterocycles. The van der Waals surface area contributed by atoms with Crippen LogP contribution in [0.1, 0.15) is 24.3 Å². The Morgan fingerprint density at radius 2 is 2.00 bits per heavy atom. The summed E-state index contributed by atoms with van der Waals surface area (Å²) in [6.45, 7) is 1.15. The van der Waals surface area contributed by atoms with Crippen LogP contribution in [-0.2, 0) is 4.79 Å². The highest BCUT2D eigenvalue weighted by Gasteiger charge is 2.26. The molecule has 0 spiro atoms. The Morgan fingerprint density at radius 3 is 2.80 bits per heavy atom. The van der Waals surface area contributed by atoms with Gasteiger partial charge in [0.2, 0.25) is 0 Å². The lowest BCUT2D eigenvalue weighted by molar-refractivity contribution is -0.137. The zero-order chi connectivity index (χ0) is 17.6. The van der Waals surface area contributed by atoms with Crippen LogP contribution in [0.2, 0.25) is 0 Å². The van der Waals surface area contributed by atoms with Crippen molar-refractivity contribution in [3.63, 3.8) is 0 Å². The van der Waals surface area contributed by atoms with E-state index in [-0.39, 0.29) is 23.9 Å². The van der Waals surface area contributed by atoms with Crippen LogP contribution in [0.3, 0.4) is 0 Å². The van der Waals surface area contributed by atoms with E-state index in [9.17, 15) is 9.18 Å². The van der Waals surface area contributed by atoms with Crippen molar-refractivity contribution < 1.29 is 28.5 Å². The first-order valence-corrected chi connectivity index (χ1v) is 8.12. The van der Waals surface area contributed by atoms with Crippen molar-refractivity contribution in [1.29, 1.82) is 0 Å². The second kappa shape index (κ2) is 7.88. The number of aliphatic carboxylic acids is 1. The minimum absolute atomic E-state index is 0.0561. The van der Waals surface area contributed by atoms with Crippen LogP contribution in [-0.4, -0.2) is 30.9 Å². The molecule has 0 aromatic heterocycles. The van der Waals surface area contributed by atoms with Crippen LogP contribution < -0.4 is 14.2 Å². The molecule has 3 rings (SSSR count). The van der Waals surface area contributed by atoms with Gasteiger partial charge in [-0.05, 0) is 18.2 Å². The zero-order valence-corrected chi connectivity index (χ0v) is 13.6. The summed E-state index contributed by atoms with van der Waals surface area (Å²) in [6, 6.07) is 11.7. The Bertz CT molecular complexity index is 746. The number of halogens is 1. The molecule has 0 radical (unpaired) electrons. The monoisotopic (exact) mass is 346 g/mol. The molecule has 0 amide bonds. The summed E-state index contributed by atoms with van der Waals surface area (Å²) in [5.74, 6) is 0.229. The molecule has 0 bridgehead atoms. The maximum atomic E-state index is 13.4. The van der Waals surface area contributed by atoms with Crippen LogP contribution in [0, 0.1) is 5.82 Å². The van der Waals surface area contributed by atoms with Crippen LogP contribution >= 0.6 is 0 Å². The number of ether oxygens (including phenoxy) is 3. The molecule has 5 nitrogen and oxygen atoms in total. The van der Waals surface area contributed by atoms with Gasteiger partial charge in [0.05, 0.1) is 26.2 Å². The molecular formula is C19H19FO5. The van der Waals surface area contributed by atoms with Crippen LogP contribution in [0.5, 0.6) is 17.2 Å². The quantitative estimate of drug-likeness (QED) is 0.740. The molecule has 25 heavy (non-hydrogen) atoms. The van der Waals surface area contributed by atoms with E-state index in [0.717, 1.165) is 5.56 Å². The van der Waals surface area contributed by atoms with E-state index in [0.29, 0.717) is 37.7 Å². The first kappa shape index (κ1) is 17.1. The van der Waals surface area contributed by atoms with E-state index >= 15 is 0 Å². The highest BCUT2D eigenvalue weighted by atomic mass is 19.1. The van der Waals surface area contributed by atoms with Gasteiger partial charge in [-0.3, -0.25) is 4.79 Å². The molecule has 1 unspecified atom stereocenters. The van der Waals surface area contributed by atoms with Gasteiger partial charge < -0.3 is 19.3 Å². The molecule has 0 fully saturated rings. The van der Waals surface area contributed by atoms with Crippen LogP contribution in [0.15, 0.2) is 42.5 Å². The van der Waals surface area contributed by atoms with Gasteiger partial charge in [0, 0.05) is 24.0 Å². The molecule has 132 valence electrons. The zero-order valence-electron chi connectivity index (χ0n) is 13.6. The smallest absolute Gasteiger partial charge is 0.304 e. The fourth-order valence-corrected chi connectivity index (χ4v) is 2.72. The fourth-order valence-electron chi connectivity index (χ4n) is 2.72. The normalized spacial score (nSPS) is 15.3. The molecular weight excluding hydrogens is 327 g/mol. The SMILES string of the molecule is O=C(O)CC1COc2cc(OCCCOc3ccccc3F)ccc21. The van der Waals surface area contributed by atoms with Gasteiger partial charge in [-0.1, -0.05) is 18.2 Å². The van der Waals surface area contributed by atoms with Crippen LogP contribution in [0.25, 0.3) is 0 Å². The highest BCUT2D eigenvalue weighted by Crippen LogP contribution is 2.38. The number of hydrogen-bond acceptors (Lipinski definition) is 4. The van der Waals surface area contributed by atoms with Crippen molar-refractivity contribution in [2.24, 2.45) is 0 Å². The average molecular weight is 346 g/mol. The Balaban J connectivity index is 1.45.